The smallest absolute Gasteiger partial charge is 0.282 e. The Morgan fingerprint density at radius 2 is 1.85 bits per heavy atom. The predicted octanol–water partition coefficient (Wildman–Crippen LogP) is 3.13. The van der Waals surface area contributed by atoms with E-state index in [4.69, 9.17) is 0 Å². The van der Waals surface area contributed by atoms with E-state index in [0.717, 1.165) is 24.3 Å². The molecule has 1 amide bonds. The highest BCUT2D eigenvalue weighted by molar-refractivity contribution is 6.07. The highest BCUT2D eigenvalue weighted by Gasteiger charge is 2.21. The first-order valence-electron chi connectivity index (χ1n) is 5.49. The van der Waals surface area contributed by atoms with Crippen LogP contribution in [-0.4, -0.2) is 10.8 Å². The van der Waals surface area contributed by atoms with Crippen LogP contribution in [0.25, 0.3) is 0 Å². The predicted molar refractivity (Wildman–Crippen MR) is 67.4 cm³/mol. The summed E-state index contributed by atoms with van der Waals surface area (Å²) in [5.41, 5.74) is -1.17. The largest absolute Gasteiger partial charge is 0.319 e. The van der Waals surface area contributed by atoms with E-state index in [9.17, 15) is 23.7 Å². The van der Waals surface area contributed by atoms with Gasteiger partial charge in [0.25, 0.3) is 11.6 Å². The monoisotopic (exact) mass is 278 g/mol. The van der Waals surface area contributed by atoms with Crippen LogP contribution in [0, 0.1) is 21.7 Å². The molecule has 0 aliphatic heterocycles. The molecule has 20 heavy (non-hydrogen) atoms. The van der Waals surface area contributed by atoms with Crippen LogP contribution in [-0.2, 0) is 0 Å². The summed E-state index contributed by atoms with van der Waals surface area (Å²) in [6.07, 6.45) is 0. The van der Waals surface area contributed by atoms with E-state index in [-0.39, 0.29) is 5.69 Å². The SMILES string of the molecule is O=C(Nc1ccccc1F)c1cc(F)ccc1[N+](=O)[O-]. The molecular formula is C13H8F2N2O3. The summed E-state index contributed by atoms with van der Waals surface area (Å²) in [5.74, 6) is -2.45. The Hall–Kier alpha value is -2.83. The van der Waals surface area contributed by atoms with Gasteiger partial charge in [-0.05, 0) is 24.3 Å². The molecule has 0 saturated heterocycles. The zero-order valence-electron chi connectivity index (χ0n) is 9.97. The molecule has 2 rings (SSSR count). The molecule has 0 bridgehead atoms. The number of hydrogen-bond acceptors (Lipinski definition) is 3. The second kappa shape index (κ2) is 5.43. The quantitative estimate of drug-likeness (QED) is 0.692. The number of nitro benzene ring substituents is 1. The van der Waals surface area contributed by atoms with E-state index >= 15 is 0 Å². The third-order valence-corrected chi connectivity index (χ3v) is 2.52. The number of rotatable bonds is 3. The number of nitrogens with one attached hydrogen (secondary N) is 1. The fourth-order valence-corrected chi connectivity index (χ4v) is 1.60. The molecule has 0 radical (unpaired) electrons. The summed E-state index contributed by atoms with van der Waals surface area (Å²) in [6, 6.07) is 7.81. The number of amides is 1. The average molecular weight is 278 g/mol. The minimum absolute atomic E-state index is 0.143. The second-order valence-corrected chi connectivity index (χ2v) is 3.85. The van der Waals surface area contributed by atoms with Gasteiger partial charge in [0.1, 0.15) is 17.2 Å². The first kappa shape index (κ1) is 13.6. The molecular weight excluding hydrogens is 270 g/mol. The first-order chi connectivity index (χ1) is 9.49. The molecule has 0 fully saturated rings. The van der Waals surface area contributed by atoms with Crippen LogP contribution in [0.3, 0.4) is 0 Å². The van der Waals surface area contributed by atoms with Gasteiger partial charge in [-0.15, -0.1) is 0 Å². The van der Waals surface area contributed by atoms with Crippen LogP contribution in [0.1, 0.15) is 10.4 Å². The van der Waals surface area contributed by atoms with Gasteiger partial charge in [-0.2, -0.15) is 0 Å². The van der Waals surface area contributed by atoms with E-state index in [0.29, 0.717) is 0 Å². The summed E-state index contributed by atoms with van der Waals surface area (Å²) in [4.78, 5) is 21.9. The van der Waals surface area contributed by atoms with E-state index in [1.54, 1.807) is 0 Å². The molecule has 0 saturated carbocycles. The van der Waals surface area contributed by atoms with Gasteiger partial charge in [-0.25, -0.2) is 8.78 Å². The van der Waals surface area contributed by atoms with Crippen molar-refractivity contribution in [1.29, 1.82) is 0 Å². The lowest BCUT2D eigenvalue weighted by Crippen LogP contribution is -2.15. The van der Waals surface area contributed by atoms with Crippen LogP contribution < -0.4 is 5.32 Å². The number of carbonyl (C=O) groups excluding carboxylic acids is 1. The molecule has 102 valence electrons. The van der Waals surface area contributed by atoms with Crippen molar-refractivity contribution in [3.63, 3.8) is 0 Å². The van der Waals surface area contributed by atoms with Gasteiger partial charge in [0.15, 0.2) is 0 Å². The standard InChI is InChI=1S/C13H8F2N2O3/c14-8-5-6-12(17(19)20)9(7-8)13(18)16-11-4-2-1-3-10(11)15/h1-7H,(H,16,18). The van der Waals surface area contributed by atoms with E-state index in [1.807, 2.05) is 0 Å². The van der Waals surface area contributed by atoms with Crippen molar-refractivity contribution in [3.05, 3.63) is 69.8 Å². The summed E-state index contributed by atoms with van der Waals surface area (Å²) in [5, 5.41) is 12.9. The first-order valence-corrected chi connectivity index (χ1v) is 5.49. The second-order valence-electron chi connectivity index (χ2n) is 3.85. The van der Waals surface area contributed by atoms with Gasteiger partial charge in [-0.3, -0.25) is 14.9 Å². The fraction of sp³-hybridized carbons (Fsp3) is 0. The third kappa shape index (κ3) is 2.77. The summed E-state index contributed by atoms with van der Waals surface area (Å²) in [6.45, 7) is 0. The Kier molecular flexibility index (Phi) is 3.69. The minimum atomic E-state index is -0.957. The molecule has 0 aliphatic rings. The van der Waals surface area contributed by atoms with Gasteiger partial charge in [0.05, 0.1) is 10.6 Å². The van der Waals surface area contributed by atoms with Crippen molar-refractivity contribution in [2.75, 3.05) is 5.32 Å². The zero-order chi connectivity index (χ0) is 14.7. The van der Waals surface area contributed by atoms with Crippen molar-refractivity contribution in [3.8, 4) is 0 Å². The number of para-hydroxylation sites is 1. The Morgan fingerprint density at radius 3 is 2.50 bits per heavy atom. The Morgan fingerprint density at radius 1 is 1.15 bits per heavy atom. The van der Waals surface area contributed by atoms with Crippen LogP contribution >= 0.6 is 0 Å². The van der Waals surface area contributed by atoms with Crippen molar-refractivity contribution < 1.29 is 18.5 Å². The number of hydrogen-bond donors (Lipinski definition) is 1. The number of nitrogens with zero attached hydrogens (tertiary/aromatic N) is 1. The topological polar surface area (TPSA) is 72.2 Å². The summed E-state index contributed by atoms with van der Waals surface area (Å²) >= 11 is 0. The molecule has 0 unspecified atom stereocenters. The van der Waals surface area contributed by atoms with Gasteiger partial charge in [0.2, 0.25) is 0 Å². The Labute approximate surface area is 112 Å². The number of carbonyl (C=O) groups is 1. The summed E-state index contributed by atoms with van der Waals surface area (Å²) < 4.78 is 26.5. The number of halogens is 2. The molecule has 0 aromatic heterocycles. The highest BCUT2D eigenvalue weighted by atomic mass is 19.1. The highest BCUT2D eigenvalue weighted by Crippen LogP contribution is 2.21. The zero-order valence-corrected chi connectivity index (χ0v) is 9.97. The van der Waals surface area contributed by atoms with Crippen LogP contribution in [0.2, 0.25) is 0 Å². The summed E-state index contributed by atoms with van der Waals surface area (Å²) in [7, 11) is 0. The van der Waals surface area contributed by atoms with Crippen LogP contribution in [0.4, 0.5) is 20.2 Å². The molecule has 0 heterocycles. The van der Waals surface area contributed by atoms with Crippen molar-refractivity contribution >= 4 is 17.3 Å². The molecule has 5 nitrogen and oxygen atoms in total. The molecule has 0 atom stereocenters. The average Bonchev–Trinajstić information content (AvgIpc) is 2.40. The third-order valence-electron chi connectivity index (χ3n) is 2.52. The van der Waals surface area contributed by atoms with Gasteiger partial charge < -0.3 is 5.32 Å². The van der Waals surface area contributed by atoms with Crippen LogP contribution in [0.15, 0.2) is 42.5 Å². The molecule has 0 aliphatic carbocycles. The van der Waals surface area contributed by atoms with Gasteiger partial charge >= 0.3 is 0 Å². The molecule has 2 aromatic carbocycles. The van der Waals surface area contributed by atoms with Crippen molar-refractivity contribution in [1.82, 2.24) is 0 Å². The lowest BCUT2D eigenvalue weighted by atomic mass is 10.1. The Bertz CT molecular complexity index is 689. The maximum atomic E-state index is 13.4. The number of anilines is 1. The number of benzene rings is 2. The Balaban J connectivity index is 2.37. The molecule has 2 aromatic rings. The lowest BCUT2D eigenvalue weighted by Gasteiger charge is -2.06. The molecule has 1 N–H and O–H groups in total. The van der Waals surface area contributed by atoms with E-state index < -0.39 is 33.7 Å². The van der Waals surface area contributed by atoms with E-state index in [2.05, 4.69) is 5.32 Å². The van der Waals surface area contributed by atoms with Crippen molar-refractivity contribution in [2.24, 2.45) is 0 Å². The van der Waals surface area contributed by atoms with Gasteiger partial charge in [0, 0.05) is 6.07 Å². The maximum Gasteiger partial charge on any atom is 0.282 e. The van der Waals surface area contributed by atoms with Gasteiger partial charge in [-0.1, -0.05) is 12.1 Å². The maximum absolute atomic E-state index is 13.4. The minimum Gasteiger partial charge on any atom is -0.319 e. The van der Waals surface area contributed by atoms with Crippen LogP contribution in [0.5, 0.6) is 0 Å². The van der Waals surface area contributed by atoms with E-state index in [1.165, 1.54) is 18.2 Å². The number of nitro groups is 1. The normalized spacial score (nSPS) is 10.1. The molecule has 0 spiro atoms. The fourth-order valence-electron chi connectivity index (χ4n) is 1.60. The molecule has 7 heteroatoms. The van der Waals surface area contributed by atoms with Crippen molar-refractivity contribution in [2.45, 2.75) is 0 Å². The lowest BCUT2D eigenvalue weighted by molar-refractivity contribution is -0.385.